The molecule has 1 atom stereocenters. The summed E-state index contributed by atoms with van der Waals surface area (Å²) < 4.78 is 13.8. The number of nitrogens with two attached hydrogens (primary N) is 1. The summed E-state index contributed by atoms with van der Waals surface area (Å²) in [6.07, 6.45) is 11.2. The van der Waals surface area contributed by atoms with Gasteiger partial charge in [0.2, 0.25) is 0 Å². The Morgan fingerprint density at radius 2 is 1.60 bits per heavy atom. The lowest BCUT2D eigenvalue weighted by molar-refractivity contribution is 0.517. The van der Waals surface area contributed by atoms with E-state index in [1.807, 2.05) is 19.1 Å². The van der Waals surface area contributed by atoms with Crippen LogP contribution in [-0.4, -0.2) is 0 Å². The van der Waals surface area contributed by atoms with Crippen LogP contribution in [0.4, 0.5) is 4.39 Å². The van der Waals surface area contributed by atoms with Gasteiger partial charge >= 0.3 is 0 Å². The summed E-state index contributed by atoms with van der Waals surface area (Å²) in [5.74, 6) is -0.155. The number of hydrogen-bond acceptors (Lipinski definition) is 1. The highest BCUT2D eigenvalue weighted by molar-refractivity contribution is 5.25. The van der Waals surface area contributed by atoms with Crippen molar-refractivity contribution in [2.45, 2.75) is 77.7 Å². The molecule has 0 saturated carbocycles. The quantitative estimate of drug-likeness (QED) is 0.549. The van der Waals surface area contributed by atoms with Gasteiger partial charge in [-0.05, 0) is 25.0 Å². The lowest BCUT2D eigenvalue weighted by Gasteiger charge is -2.13. The fraction of sp³-hybridized carbons (Fsp3) is 0.667. The Morgan fingerprint density at radius 3 is 2.20 bits per heavy atom. The van der Waals surface area contributed by atoms with E-state index in [9.17, 15) is 4.39 Å². The zero-order chi connectivity index (χ0) is 14.8. The Morgan fingerprint density at radius 1 is 1.00 bits per heavy atom. The first-order chi connectivity index (χ1) is 9.65. The molecule has 0 fully saturated rings. The lowest BCUT2D eigenvalue weighted by Crippen LogP contribution is -2.12. The summed E-state index contributed by atoms with van der Waals surface area (Å²) in [5, 5.41) is 0. The van der Waals surface area contributed by atoms with Gasteiger partial charge < -0.3 is 5.73 Å². The molecule has 0 aromatic heterocycles. The van der Waals surface area contributed by atoms with Gasteiger partial charge in [0, 0.05) is 11.6 Å². The van der Waals surface area contributed by atoms with Crippen molar-refractivity contribution in [3.05, 3.63) is 35.1 Å². The molecule has 1 aromatic rings. The van der Waals surface area contributed by atoms with E-state index in [1.165, 1.54) is 44.9 Å². The summed E-state index contributed by atoms with van der Waals surface area (Å²) >= 11 is 0. The Labute approximate surface area is 123 Å². The fourth-order valence-corrected chi connectivity index (χ4v) is 2.59. The van der Waals surface area contributed by atoms with E-state index < -0.39 is 0 Å². The second-order valence-electron chi connectivity index (χ2n) is 5.90. The minimum absolute atomic E-state index is 0.155. The predicted octanol–water partition coefficient (Wildman–Crippen LogP) is 5.66. The van der Waals surface area contributed by atoms with E-state index in [0.717, 1.165) is 18.4 Å². The molecule has 1 rings (SSSR count). The van der Waals surface area contributed by atoms with Crippen molar-refractivity contribution in [1.29, 1.82) is 0 Å². The van der Waals surface area contributed by atoms with Crippen molar-refractivity contribution in [3.63, 3.8) is 0 Å². The first-order valence-electron chi connectivity index (χ1n) is 8.16. The van der Waals surface area contributed by atoms with Crippen LogP contribution < -0.4 is 5.73 Å². The number of aryl methyl sites for hydroxylation is 1. The van der Waals surface area contributed by atoms with Crippen molar-refractivity contribution in [2.75, 3.05) is 0 Å². The molecule has 0 bridgehead atoms. The summed E-state index contributed by atoms with van der Waals surface area (Å²) in [6, 6.07) is 5.19. The molecule has 0 aliphatic rings. The molecular formula is C18H30FN. The van der Waals surface area contributed by atoms with Crippen LogP contribution in [0.3, 0.4) is 0 Å². The van der Waals surface area contributed by atoms with Crippen molar-refractivity contribution >= 4 is 0 Å². The minimum atomic E-state index is -0.157. The van der Waals surface area contributed by atoms with Crippen LogP contribution in [0.25, 0.3) is 0 Å². The largest absolute Gasteiger partial charge is 0.324 e. The van der Waals surface area contributed by atoms with Gasteiger partial charge in [0.05, 0.1) is 0 Å². The van der Waals surface area contributed by atoms with Crippen LogP contribution in [-0.2, 0) is 0 Å². The first-order valence-corrected chi connectivity index (χ1v) is 8.16. The molecule has 0 saturated heterocycles. The van der Waals surface area contributed by atoms with Gasteiger partial charge in [0.1, 0.15) is 5.82 Å². The van der Waals surface area contributed by atoms with E-state index in [4.69, 9.17) is 5.73 Å². The smallest absolute Gasteiger partial charge is 0.128 e. The average molecular weight is 279 g/mol. The molecule has 0 heterocycles. The normalized spacial score (nSPS) is 12.6. The molecule has 0 spiro atoms. The zero-order valence-electron chi connectivity index (χ0n) is 13.1. The van der Waals surface area contributed by atoms with Crippen LogP contribution in [0, 0.1) is 12.7 Å². The zero-order valence-corrected chi connectivity index (χ0v) is 13.1. The topological polar surface area (TPSA) is 26.0 Å². The Bertz CT molecular complexity index is 376. The van der Waals surface area contributed by atoms with E-state index in [2.05, 4.69) is 6.92 Å². The highest BCUT2D eigenvalue weighted by Crippen LogP contribution is 2.21. The molecule has 2 heteroatoms. The summed E-state index contributed by atoms with van der Waals surface area (Å²) in [5.41, 5.74) is 7.70. The van der Waals surface area contributed by atoms with Gasteiger partial charge in [-0.2, -0.15) is 0 Å². The maximum absolute atomic E-state index is 13.8. The first kappa shape index (κ1) is 17.2. The van der Waals surface area contributed by atoms with Crippen LogP contribution in [0.2, 0.25) is 0 Å². The van der Waals surface area contributed by atoms with Crippen LogP contribution in [0.1, 0.15) is 81.9 Å². The van der Waals surface area contributed by atoms with Gasteiger partial charge in [-0.25, -0.2) is 4.39 Å². The van der Waals surface area contributed by atoms with Crippen molar-refractivity contribution in [3.8, 4) is 0 Å². The van der Waals surface area contributed by atoms with Crippen molar-refractivity contribution < 1.29 is 4.39 Å². The molecular weight excluding hydrogens is 249 g/mol. The van der Waals surface area contributed by atoms with E-state index in [0.29, 0.717) is 5.56 Å². The van der Waals surface area contributed by atoms with Crippen molar-refractivity contribution in [2.24, 2.45) is 5.73 Å². The van der Waals surface area contributed by atoms with Gasteiger partial charge in [0.25, 0.3) is 0 Å². The molecule has 0 radical (unpaired) electrons. The molecule has 0 aliphatic heterocycles. The molecule has 20 heavy (non-hydrogen) atoms. The maximum atomic E-state index is 13.8. The standard InChI is InChI=1S/C18H30FN/c1-3-4-5-6-7-8-9-10-11-18(20)16-13-12-15(2)14-17(16)19/h12-14,18H,3-11,20H2,1-2H3. The summed E-state index contributed by atoms with van der Waals surface area (Å²) in [6.45, 7) is 4.14. The Hall–Kier alpha value is -0.890. The number of unbranched alkanes of at least 4 members (excludes halogenated alkanes) is 7. The molecule has 0 amide bonds. The molecule has 114 valence electrons. The Kier molecular flexibility index (Phi) is 8.52. The average Bonchev–Trinajstić information content (AvgIpc) is 2.41. The van der Waals surface area contributed by atoms with E-state index >= 15 is 0 Å². The number of hydrogen-bond donors (Lipinski definition) is 1. The molecule has 0 aliphatic carbocycles. The van der Waals surface area contributed by atoms with Crippen molar-refractivity contribution in [1.82, 2.24) is 0 Å². The highest BCUT2D eigenvalue weighted by atomic mass is 19.1. The van der Waals surface area contributed by atoms with Crippen LogP contribution in [0.15, 0.2) is 18.2 Å². The predicted molar refractivity (Wildman–Crippen MR) is 85.3 cm³/mol. The third-order valence-corrected chi connectivity index (χ3v) is 3.92. The number of benzene rings is 1. The van der Waals surface area contributed by atoms with Crippen LogP contribution >= 0.6 is 0 Å². The van der Waals surface area contributed by atoms with Gasteiger partial charge in [-0.15, -0.1) is 0 Å². The van der Waals surface area contributed by atoms with E-state index in [1.54, 1.807) is 6.07 Å². The second-order valence-corrected chi connectivity index (χ2v) is 5.90. The van der Waals surface area contributed by atoms with E-state index in [-0.39, 0.29) is 11.9 Å². The minimum Gasteiger partial charge on any atom is -0.324 e. The number of rotatable bonds is 10. The molecule has 2 N–H and O–H groups in total. The fourth-order valence-electron chi connectivity index (χ4n) is 2.59. The van der Waals surface area contributed by atoms with Gasteiger partial charge in [0.15, 0.2) is 0 Å². The van der Waals surface area contributed by atoms with Crippen LogP contribution in [0.5, 0.6) is 0 Å². The lowest BCUT2D eigenvalue weighted by atomic mass is 9.99. The molecule has 1 aromatic carbocycles. The summed E-state index contributed by atoms with van der Waals surface area (Å²) in [7, 11) is 0. The molecule has 1 nitrogen and oxygen atoms in total. The van der Waals surface area contributed by atoms with Gasteiger partial charge in [-0.3, -0.25) is 0 Å². The third-order valence-electron chi connectivity index (χ3n) is 3.92. The number of halogens is 1. The van der Waals surface area contributed by atoms with Gasteiger partial charge in [-0.1, -0.05) is 70.4 Å². The monoisotopic (exact) mass is 279 g/mol. The highest BCUT2D eigenvalue weighted by Gasteiger charge is 2.10. The second kappa shape index (κ2) is 9.93. The third kappa shape index (κ3) is 6.51. The maximum Gasteiger partial charge on any atom is 0.128 e. The summed E-state index contributed by atoms with van der Waals surface area (Å²) in [4.78, 5) is 0. The Balaban J connectivity index is 2.15. The molecule has 1 unspecified atom stereocenters. The SMILES string of the molecule is CCCCCCCCCCC(N)c1ccc(C)cc1F.